The number of rotatable bonds is 10. The highest BCUT2D eigenvalue weighted by atomic mass is 32.2. The molecule has 0 spiro atoms. The van der Waals surface area contributed by atoms with Gasteiger partial charge in [0.25, 0.3) is 5.78 Å². The third kappa shape index (κ3) is 6.46. The SMILES string of the molecule is COc1cc(C2/C(=C(\O)c3ccc(OCc4cccc(C)c4)cc3)C(=O)C(=O)N2c2nnc(SCc3ccccc3)s2)ccc1O. The largest absolute Gasteiger partial charge is 0.507 e. The Kier molecular flexibility index (Phi) is 9.04. The van der Waals surface area contributed by atoms with Gasteiger partial charge in [-0.05, 0) is 60.0 Å². The molecule has 5 aromatic rings. The Balaban J connectivity index is 1.33. The number of Topliss-reactive ketones (excluding diaryl/α,β-unsaturated/α-hetero) is 1. The maximum atomic E-state index is 13.6. The van der Waals surface area contributed by atoms with Gasteiger partial charge in [0.05, 0.1) is 18.7 Å². The van der Waals surface area contributed by atoms with E-state index in [-0.39, 0.29) is 28.0 Å². The molecule has 2 heterocycles. The molecule has 11 heteroatoms. The van der Waals surface area contributed by atoms with Gasteiger partial charge in [0, 0.05) is 11.3 Å². The molecular formula is C35H29N3O6S2. The van der Waals surface area contributed by atoms with Gasteiger partial charge in [-0.1, -0.05) is 89.3 Å². The second-order valence-electron chi connectivity index (χ2n) is 10.5. The highest BCUT2D eigenvalue weighted by Gasteiger charge is 2.48. The second-order valence-corrected chi connectivity index (χ2v) is 12.7. The van der Waals surface area contributed by atoms with Crippen LogP contribution in [0.2, 0.25) is 0 Å². The first-order chi connectivity index (χ1) is 22.3. The summed E-state index contributed by atoms with van der Waals surface area (Å²) in [4.78, 5) is 28.5. The number of benzene rings is 4. The maximum Gasteiger partial charge on any atom is 0.301 e. The highest BCUT2D eigenvalue weighted by Crippen LogP contribution is 2.45. The molecule has 1 aliphatic rings. The quantitative estimate of drug-likeness (QED) is 0.0537. The van der Waals surface area contributed by atoms with E-state index in [1.807, 2.05) is 61.5 Å². The molecule has 0 aliphatic carbocycles. The lowest BCUT2D eigenvalue weighted by Crippen LogP contribution is -2.29. The number of hydrogen-bond acceptors (Lipinski definition) is 10. The van der Waals surface area contributed by atoms with Crippen molar-refractivity contribution in [3.8, 4) is 17.2 Å². The fraction of sp³-hybridized carbons (Fsp3) is 0.143. The number of phenols is 1. The fourth-order valence-electron chi connectivity index (χ4n) is 5.12. The molecule has 1 aromatic heterocycles. The minimum absolute atomic E-state index is 0.111. The summed E-state index contributed by atoms with van der Waals surface area (Å²) in [7, 11) is 1.40. The Hall–Kier alpha value is -5.13. The number of nitrogens with zero attached hydrogens (tertiary/aromatic N) is 3. The number of amides is 1. The molecule has 1 aliphatic heterocycles. The van der Waals surface area contributed by atoms with E-state index < -0.39 is 17.7 Å². The third-order valence-electron chi connectivity index (χ3n) is 7.39. The van der Waals surface area contributed by atoms with Crippen molar-refractivity contribution in [2.75, 3.05) is 12.0 Å². The molecular weight excluding hydrogens is 623 g/mol. The van der Waals surface area contributed by atoms with Gasteiger partial charge >= 0.3 is 5.91 Å². The molecule has 46 heavy (non-hydrogen) atoms. The molecule has 4 aromatic carbocycles. The van der Waals surface area contributed by atoms with Crippen molar-refractivity contribution >= 4 is 45.7 Å². The number of methoxy groups -OCH3 is 1. The van der Waals surface area contributed by atoms with E-state index in [9.17, 15) is 19.8 Å². The average Bonchev–Trinajstić information content (AvgIpc) is 3.65. The molecule has 1 saturated heterocycles. The average molecular weight is 652 g/mol. The van der Waals surface area contributed by atoms with Crippen LogP contribution in [-0.2, 0) is 21.9 Å². The number of hydrogen-bond donors (Lipinski definition) is 2. The number of aromatic hydroxyl groups is 1. The molecule has 0 radical (unpaired) electrons. The lowest BCUT2D eigenvalue weighted by Gasteiger charge is -2.23. The molecule has 1 fully saturated rings. The molecule has 0 bridgehead atoms. The summed E-state index contributed by atoms with van der Waals surface area (Å²) in [6.07, 6.45) is 0. The minimum atomic E-state index is -1.06. The zero-order valence-electron chi connectivity index (χ0n) is 24.9. The van der Waals surface area contributed by atoms with Gasteiger partial charge in [0.2, 0.25) is 5.13 Å². The lowest BCUT2D eigenvalue weighted by molar-refractivity contribution is -0.132. The van der Waals surface area contributed by atoms with Crippen molar-refractivity contribution < 1.29 is 29.3 Å². The number of phenolic OH excluding ortho intramolecular Hbond substituents is 1. The smallest absolute Gasteiger partial charge is 0.301 e. The van der Waals surface area contributed by atoms with Crippen molar-refractivity contribution in [1.82, 2.24) is 10.2 Å². The molecule has 2 N–H and O–H groups in total. The first-order valence-electron chi connectivity index (χ1n) is 14.3. The van der Waals surface area contributed by atoms with Crippen molar-refractivity contribution in [2.45, 2.75) is 29.7 Å². The summed E-state index contributed by atoms with van der Waals surface area (Å²) in [5.41, 5.74) is 3.89. The van der Waals surface area contributed by atoms with Gasteiger partial charge < -0.3 is 19.7 Å². The van der Waals surface area contributed by atoms with E-state index >= 15 is 0 Å². The number of anilines is 1. The number of carbonyl (C=O) groups excluding carboxylic acids is 2. The summed E-state index contributed by atoms with van der Waals surface area (Å²) in [6, 6.07) is 28.0. The summed E-state index contributed by atoms with van der Waals surface area (Å²) < 4.78 is 11.8. The maximum absolute atomic E-state index is 13.6. The number of aliphatic hydroxyl groups excluding tert-OH is 1. The van der Waals surface area contributed by atoms with E-state index in [2.05, 4.69) is 10.2 Å². The summed E-state index contributed by atoms with van der Waals surface area (Å²) >= 11 is 2.64. The summed E-state index contributed by atoms with van der Waals surface area (Å²) in [5.74, 6) is -0.818. The Bertz CT molecular complexity index is 1920. The van der Waals surface area contributed by atoms with Crippen LogP contribution in [0.1, 0.15) is 33.9 Å². The fourth-order valence-corrected chi connectivity index (χ4v) is 6.94. The van der Waals surface area contributed by atoms with Crippen molar-refractivity contribution in [3.63, 3.8) is 0 Å². The minimum Gasteiger partial charge on any atom is -0.507 e. The monoisotopic (exact) mass is 651 g/mol. The summed E-state index contributed by atoms with van der Waals surface area (Å²) in [5, 5.41) is 30.5. The zero-order chi connectivity index (χ0) is 32.2. The Morgan fingerprint density at radius 3 is 2.43 bits per heavy atom. The molecule has 1 amide bonds. The summed E-state index contributed by atoms with van der Waals surface area (Å²) in [6.45, 7) is 2.38. The van der Waals surface area contributed by atoms with Gasteiger partial charge in [0.15, 0.2) is 15.8 Å². The standard InChI is InChI=1S/C35H29N3O6S2/c1-21-7-6-10-23(17-21)19-44-26-14-11-24(12-15-26)31(40)29-30(25-13-16-27(39)28(18-25)43-2)38(33(42)32(29)41)34-36-37-35(46-34)45-20-22-8-4-3-5-9-22/h3-18,30,39-40H,19-20H2,1-2H3/b31-29+. The molecule has 0 saturated carbocycles. The number of thioether (sulfide) groups is 1. The van der Waals surface area contributed by atoms with Gasteiger partial charge in [-0.2, -0.15) is 0 Å². The van der Waals surface area contributed by atoms with Crippen molar-refractivity contribution in [2.24, 2.45) is 0 Å². The van der Waals surface area contributed by atoms with Gasteiger partial charge in [-0.3, -0.25) is 14.5 Å². The van der Waals surface area contributed by atoms with Crippen LogP contribution in [0, 0.1) is 6.92 Å². The molecule has 1 atom stereocenters. The predicted molar refractivity (Wildman–Crippen MR) is 177 cm³/mol. The predicted octanol–water partition coefficient (Wildman–Crippen LogP) is 7.06. The Morgan fingerprint density at radius 1 is 0.935 bits per heavy atom. The third-order valence-corrected chi connectivity index (χ3v) is 9.51. The van der Waals surface area contributed by atoms with E-state index in [0.29, 0.717) is 33.6 Å². The lowest BCUT2D eigenvalue weighted by atomic mass is 9.95. The van der Waals surface area contributed by atoms with Crippen LogP contribution in [0.5, 0.6) is 17.2 Å². The molecule has 6 rings (SSSR count). The number of aryl methyl sites for hydroxylation is 1. The van der Waals surface area contributed by atoms with Crippen LogP contribution in [0.4, 0.5) is 5.13 Å². The molecule has 9 nitrogen and oxygen atoms in total. The van der Waals surface area contributed by atoms with Gasteiger partial charge in [0.1, 0.15) is 18.1 Å². The first-order valence-corrected chi connectivity index (χ1v) is 16.1. The molecule has 1 unspecified atom stereocenters. The topological polar surface area (TPSA) is 122 Å². The first kappa shape index (κ1) is 30.9. The van der Waals surface area contributed by atoms with Gasteiger partial charge in [-0.25, -0.2) is 0 Å². The van der Waals surface area contributed by atoms with E-state index in [0.717, 1.165) is 16.7 Å². The number of ketones is 1. The van der Waals surface area contributed by atoms with Crippen LogP contribution in [0.15, 0.2) is 107 Å². The Morgan fingerprint density at radius 2 is 1.70 bits per heavy atom. The van der Waals surface area contributed by atoms with Crippen LogP contribution in [0.25, 0.3) is 5.76 Å². The van der Waals surface area contributed by atoms with E-state index in [4.69, 9.17) is 9.47 Å². The molecule has 232 valence electrons. The van der Waals surface area contributed by atoms with Gasteiger partial charge in [-0.15, -0.1) is 10.2 Å². The van der Waals surface area contributed by atoms with Crippen LogP contribution in [0.3, 0.4) is 0 Å². The van der Waals surface area contributed by atoms with E-state index in [1.165, 1.54) is 47.2 Å². The number of carbonyl (C=O) groups is 2. The Labute approximate surface area is 273 Å². The number of aromatic nitrogens is 2. The highest BCUT2D eigenvalue weighted by molar-refractivity contribution is 8.00. The van der Waals surface area contributed by atoms with Crippen LogP contribution < -0.4 is 14.4 Å². The van der Waals surface area contributed by atoms with Crippen LogP contribution in [-0.4, -0.2) is 39.2 Å². The number of ether oxygens (including phenoxy) is 2. The zero-order valence-corrected chi connectivity index (χ0v) is 26.5. The second kappa shape index (κ2) is 13.5. The normalized spacial score (nSPS) is 15.7. The van der Waals surface area contributed by atoms with Crippen LogP contribution >= 0.6 is 23.1 Å². The number of aliphatic hydroxyl groups is 1. The van der Waals surface area contributed by atoms with E-state index in [1.54, 1.807) is 30.3 Å². The van der Waals surface area contributed by atoms with Crippen molar-refractivity contribution in [1.29, 1.82) is 0 Å². The van der Waals surface area contributed by atoms with Crippen molar-refractivity contribution in [3.05, 3.63) is 130 Å².